The summed E-state index contributed by atoms with van der Waals surface area (Å²) in [6.45, 7) is 2.46. The summed E-state index contributed by atoms with van der Waals surface area (Å²) >= 11 is 7.23. The van der Waals surface area contributed by atoms with E-state index in [4.69, 9.17) is 21.1 Å². The van der Waals surface area contributed by atoms with Crippen LogP contribution in [-0.4, -0.2) is 28.3 Å². The first kappa shape index (κ1) is 18.5. The molecule has 0 atom stereocenters. The molecule has 2 aromatic carbocycles. The van der Waals surface area contributed by atoms with Gasteiger partial charge in [0.1, 0.15) is 0 Å². The SMILES string of the molecule is CCOc1ccc(/C=c2\sc3nnc(-c4ccc(Cl)cc4)n3c2=O)cc1OC. The Morgan fingerprint density at radius 1 is 1.14 bits per heavy atom. The van der Waals surface area contributed by atoms with Crippen molar-refractivity contribution in [3.63, 3.8) is 0 Å². The van der Waals surface area contributed by atoms with E-state index >= 15 is 0 Å². The van der Waals surface area contributed by atoms with E-state index in [0.29, 0.717) is 38.4 Å². The lowest BCUT2D eigenvalue weighted by Gasteiger charge is -2.09. The first-order valence-corrected chi connectivity index (χ1v) is 9.76. The summed E-state index contributed by atoms with van der Waals surface area (Å²) in [6.07, 6.45) is 1.81. The van der Waals surface area contributed by atoms with E-state index in [1.807, 2.05) is 43.3 Å². The number of methoxy groups -OCH3 is 1. The average Bonchev–Trinajstić information content (AvgIpc) is 3.24. The van der Waals surface area contributed by atoms with Crippen molar-refractivity contribution < 1.29 is 9.47 Å². The van der Waals surface area contributed by atoms with Gasteiger partial charge in [-0.1, -0.05) is 29.0 Å². The third kappa shape index (κ3) is 3.34. The Bertz CT molecular complexity index is 1250. The summed E-state index contributed by atoms with van der Waals surface area (Å²) in [6, 6.07) is 12.7. The van der Waals surface area contributed by atoms with Crippen LogP contribution in [0.3, 0.4) is 0 Å². The number of fused-ring (bicyclic) bond motifs is 1. The minimum absolute atomic E-state index is 0.164. The zero-order valence-corrected chi connectivity index (χ0v) is 16.8. The number of aromatic nitrogens is 3. The highest BCUT2D eigenvalue weighted by molar-refractivity contribution is 7.15. The Balaban J connectivity index is 1.81. The second-order valence-electron chi connectivity index (χ2n) is 5.91. The number of thiazole rings is 1. The molecule has 2 aromatic heterocycles. The van der Waals surface area contributed by atoms with Gasteiger partial charge in [0.05, 0.1) is 18.2 Å². The predicted octanol–water partition coefficient (Wildman–Crippen LogP) is 3.43. The van der Waals surface area contributed by atoms with Crippen LogP contribution in [0, 0.1) is 0 Å². The molecule has 8 heteroatoms. The van der Waals surface area contributed by atoms with E-state index in [9.17, 15) is 4.79 Å². The number of nitrogens with zero attached hydrogens (tertiary/aromatic N) is 3. The normalized spacial score (nSPS) is 11.9. The molecule has 0 aliphatic heterocycles. The van der Waals surface area contributed by atoms with Gasteiger partial charge in [-0.25, -0.2) is 4.40 Å². The number of benzene rings is 2. The van der Waals surface area contributed by atoms with Crippen molar-refractivity contribution >= 4 is 34.0 Å². The monoisotopic (exact) mass is 413 g/mol. The Kier molecular flexibility index (Phi) is 5.02. The molecule has 28 heavy (non-hydrogen) atoms. The van der Waals surface area contributed by atoms with Gasteiger partial charge in [-0.05, 0) is 55.0 Å². The molecular formula is C20H16ClN3O3S. The van der Waals surface area contributed by atoms with Crippen LogP contribution >= 0.6 is 22.9 Å². The third-order valence-corrected chi connectivity index (χ3v) is 5.35. The first-order valence-electron chi connectivity index (χ1n) is 8.57. The highest BCUT2D eigenvalue weighted by atomic mass is 35.5. The largest absolute Gasteiger partial charge is 0.493 e. The number of hydrogen-bond donors (Lipinski definition) is 0. The summed E-state index contributed by atoms with van der Waals surface area (Å²) in [5, 5.41) is 8.92. The predicted molar refractivity (Wildman–Crippen MR) is 111 cm³/mol. The van der Waals surface area contributed by atoms with E-state index < -0.39 is 0 Å². The lowest BCUT2D eigenvalue weighted by molar-refractivity contribution is 0.311. The number of hydrogen-bond acceptors (Lipinski definition) is 6. The van der Waals surface area contributed by atoms with Crippen molar-refractivity contribution in [2.75, 3.05) is 13.7 Å². The minimum atomic E-state index is -0.164. The fourth-order valence-corrected chi connectivity index (χ4v) is 3.89. The summed E-state index contributed by atoms with van der Waals surface area (Å²) in [7, 11) is 1.59. The van der Waals surface area contributed by atoms with Gasteiger partial charge < -0.3 is 9.47 Å². The van der Waals surface area contributed by atoms with Gasteiger partial charge in [-0.3, -0.25) is 4.79 Å². The van der Waals surface area contributed by atoms with Crippen molar-refractivity contribution in [1.82, 2.24) is 14.6 Å². The van der Waals surface area contributed by atoms with Gasteiger partial charge in [0, 0.05) is 10.6 Å². The molecule has 0 fully saturated rings. The Hall–Kier alpha value is -2.90. The topological polar surface area (TPSA) is 65.7 Å². The van der Waals surface area contributed by atoms with Crippen LogP contribution in [0.5, 0.6) is 11.5 Å². The smallest absolute Gasteiger partial charge is 0.276 e. The van der Waals surface area contributed by atoms with E-state index in [0.717, 1.165) is 11.1 Å². The third-order valence-electron chi connectivity index (χ3n) is 4.14. The first-order chi connectivity index (χ1) is 13.6. The van der Waals surface area contributed by atoms with E-state index in [1.165, 1.54) is 15.7 Å². The molecule has 0 radical (unpaired) electrons. The lowest BCUT2D eigenvalue weighted by atomic mass is 10.2. The standard InChI is InChI=1S/C20H16ClN3O3S/c1-3-27-15-9-4-12(10-16(15)26-2)11-17-19(25)24-18(22-23-20(24)28-17)13-5-7-14(21)8-6-13/h4-11H,3H2,1-2H3/b17-11-. The quantitative estimate of drug-likeness (QED) is 0.501. The van der Waals surface area contributed by atoms with Crippen molar-refractivity contribution in [3.05, 3.63) is 67.9 Å². The van der Waals surface area contributed by atoms with Gasteiger partial charge in [0.15, 0.2) is 17.3 Å². The van der Waals surface area contributed by atoms with Gasteiger partial charge in [0.25, 0.3) is 5.56 Å². The Morgan fingerprint density at radius 3 is 2.64 bits per heavy atom. The molecule has 0 aliphatic carbocycles. The molecule has 0 N–H and O–H groups in total. The fourth-order valence-electron chi connectivity index (χ4n) is 2.85. The molecule has 0 aliphatic rings. The van der Waals surface area contributed by atoms with Crippen LogP contribution in [0.2, 0.25) is 5.02 Å². The maximum Gasteiger partial charge on any atom is 0.276 e. The van der Waals surface area contributed by atoms with Crippen LogP contribution < -0.4 is 19.6 Å². The van der Waals surface area contributed by atoms with Crippen molar-refractivity contribution in [3.8, 4) is 22.9 Å². The second kappa shape index (κ2) is 7.61. The van der Waals surface area contributed by atoms with Crippen LogP contribution in [-0.2, 0) is 0 Å². The van der Waals surface area contributed by atoms with E-state index in [1.54, 1.807) is 19.2 Å². The van der Waals surface area contributed by atoms with E-state index in [2.05, 4.69) is 10.2 Å². The van der Waals surface area contributed by atoms with Crippen molar-refractivity contribution in [2.45, 2.75) is 6.92 Å². The molecule has 0 saturated heterocycles. The second-order valence-corrected chi connectivity index (χ2v) is 7.35. The number of rotatable bonds is 5. The maximum absolute atomic E-state index is 13.0. The molecule has 0 bridgehead atoms. The molecule has 0 saturated carbocycles. The van der Waals surface area contributed by atoms with Crippen LogP contribution in [0.25, 0.3) is 22.4 Å². The maximum atomic E-state index is 13.0. The summed E-state index contributed by atoms with van der Waals surface area (Å²) in [5.74, 6) is 1.78. The molecule has 0 unspecified atom stereocenters. The van der Waals surface area contributed by atoms with Gasteiger partial charge in [0.2, 0.25) is 4.96 Å². The van der Waals surface area contributed by atoms with Crippen LogP contribution in [0.1, 0.15) is 12.5 Å². The van der Waals surface area contributed by atoms with Gasteiger partial charge in [-0.15, -0.1) is 10.2 Å². The summed E-state index contributed by atoms with van der Waals surface area (Å²) in [4.78, 5) is 13.5. The Labute approximate surface area is 169 Å². The summed E-state index contributed by atoms with van der Waals surface area (Å²) in [5.41, 5.74) is 1.45. The molecule has 0 amide bonds. The van der Waals surface area contributed by atoms with Crippen molar-refractivity contribution in [2.24, 2.45) is 0 Å². The van der Waals surface area contributed by atoms with Gasteiger partial charge in [-0.2, -0.15) is 0 Å². The van der Waals surface area contributed by atoms with Gasteiger partial charge >= 0.3 is 0 Å². The molecule has 0 spiro atoms. The molecule has 4 rings (SSSR count). The molecule has 2 heterocycles. The van der Waals surface area contributed by atoms with E-state index in [-0.39, 0.29) is 5.56 Å². The number of ether oxygens (including phenoxy) is 2. The fraction of sp³-hybridized carbons (Fsp3) is 0.150. The van der Waals surface area contributed by atoms with Crippen molar-refractivity contribution in [1.29, 1.82) is 0 Å². The highest BCUT2D eigenvalue weighted by Crippen LogP contribution is 2.28. The lowest BCUT2D eigenvalue weighted by Crippen LogP contribution is -2.23. The molecular weight excluding hydrogens is 398 g/mol. The minimum Gasteiger partial charge on any atom is -0.493 e. The zero-order chi connectivity index (χ0) is 19.7. The molecule has 4 aromatic rings. The average molecular weight is 414 g/mol. The van der Waals surface area contributed by atoms with Crippen LogP contribution in [0.15, 0.2) is 47.3 Å². The zero-order valence-electron chi connectivity index (χ0n) is 15.2. The molecule has 6 nitrogen and oxygen atoms in total. The molecule has 142 valence electrons. The Morgan fingerprint density at radius 2 is 1.93 bits per heavy atom. The highest BCUT2D eigenvalue weighted by Gasteiger charge is 2.14. The number of halogens is 1. The van der Waals surface area contributed by atoms with Crippen LogP contribution in [0.4, 0.5) is 0 Å². The summed E-state index contributed by atoms with van der Waals surface area (Å²) < 4.78 is 13.0.